The number of aliphatic hydroxyl groups is 1. The fourth-order valence-corrected chi connectivity index (χ4v) is 1.77. The zero-order chi connectivity index (χ0) is 12.4. The van der Waals surface area contributed by atoms with Gasteiger partial charge in [-0.05, 0) is 0 Å². The third-order valence-electron chi connectivity index (χ3n) is 2.44. The van der Waals surface area contributed by atoms with Crippen molar-refractivity contribution in [2.45, 2.75) is 0 Å². The van der Waals surface area contributed by atoms with E-state index < -0.39 is 0 Å². The van der Waals surface area contributed by atoms with Crippen LogP contribution in [-0.2, 0) is 4.74 Å². The molecule has 102 valence electrons. The van der Waals surface area contributed by atoms with Gasteiger partial charge in [0.05, 0.1) is 19.9 Å². The zero-order valence-corrected chi connectivity index (χ0v) is 12.2. The molecule has 0 saturated carbocycles. The van der Waals surface area contributed by atoms with Gasteiger partial charge in [-0.15, -0.1) is 24.0 Å². The maximum Gasteiger partial charge on any atom is 0.278 e. The fraction of sp³-hybridized carbons (Fsp3) is 0.556. The predicted octanol–water partition coefficient (Wildman–Crippen LogP) is -0.850. The van der Waals surface area contributed by atoms with Crippen molar-refractivity contribution in [1.29, 1.82) is 0 Å². The summed E-state index contributed by atoms with van der Waals surface area (Å²) in [6, 6.07) is 0. The molecule has 0 atom stereocenters. The number of aliphatic hydroxyl groups excluding tert-OH is 1. The standard InChI is InChI=1S/C9H15N5O3.HI/c1-13-4-14(5-17-3-2-15)7-6(13)8(16)12-9(10)11-7;/h15H,2-5H2,1H3,(H3,10,11,12,16);1H. The Morgan fingerprint density at radius 1 is 1.61 bits per heavy atom. The van der Waals surface area contributed by atoms with Gasteiger partial charge in [0, 0.05) is 7.05 Å². The highest BCUT2D eigenvalue weighted by Gasteiger charge is 2.28. The van der Waals surface area contributed by atoms with Gasteiger partial charge in [0.25, 0.3) is 5.56 Å². The summed E-state index contributed by atoms with van der Waals surface area (Å²) in [7, 11) is 1.79. The van der Waals surface area contributed by atoms with E-state index in [1.165, 1.54) is 0 Å². The maximum atomic E-state index is 11.7. The minimum Gasteiger partial charge on any atom is -0.394 e. The molecule has 18 heavy (non-hydrogen) atoms. The third kappa shape index (κ3) is 2.84. The fourth-order valence-electron chi connectivity index (χ4n) is 1.77. The molecule has 1 aromatic rings. The van der Waals surface area contributed by atoms with Crippen molar-refractivity contribution in [2.75, 3.05) is 49.2 Å². The van der Waals surface area contributed by atoms with E-state index in [1.54, 1.807) is 16.8 Å². The molecular formula is C9H16IN5O3. The van der Waals surface area contributed by atoms with Gasteiger partial charge in [-0.3, -0.25) is 9.78 Å². The Bertz CT molecular complexity index is 466. The highest BCUT2D eigenvalue weighted by atomic mass is 127. The van der Waals surface area contributed by atoms with E-state index in [0.717, 1.165) is 0 Å². The summed E-state index contributed by atoms with van der Waals surface area (Å²) >= 11 is 0. The van der Waals surface area contributed by atoms with Crippen molar-refractivity contribution in [3.63, 3.8) is 0 Å². The SMILES string of the molecule is CN1CN(COCCO)c2nc(N)[nH]c(=O)c21.I. The van der Waals surface area contributed by atoms with Gasteiger partial charge in [-0.1, -0.05) is 0 Å². The van der Waals surface area contributed by atoms with Gasteiger partial charge in [-0.2, -0.15) is 4.98 Å². The minimum atomic E-state index is -0.264. The minimum absolute atomic E-state index is 0. The van der Waals surface area contributed by atoms with E-state index in [1.807, 2.05) is 0 Å². The van der Waals surface area contributed by atoms with Crippen molar-refractivity contribution < 1.29 is 9.84 Å². The van der Waals surface area contributed by atoms with Gasteiger partial charge < -0.3 is 25.4 Å². The number of ether oxygens (including phenoxy) is 1. The van der Waals surface area contributed by atoms with E-state index in [9.17, 15) is 4.79 Å². The van der Waals surface area contributed by atoms with Gasteiger partial charge in [-0.25, -0.2) is 0 Å². The largest absolute Gasteiger partial charge is 0.394 e. The third-order valence-corrected chi connectivity index (χ3v) is 2.44. The van der Waals surface area contributed by atoms with Crippen molar-refractivity contribution in [3.8, 4) is 0 Å². The van der Waals surface area contributed by atoms with E-state index >= 15 is 0 Å². The normalized spacial score (nSPS) is 13.4. The van der Waals surface area contributed by atoms with Crippen molar-refractivity contribution in [1.82, 2.24) is 9.97 Å². The topological polar surface area (TPSA) is 108 Å². The number of nitrogens with one attached hydrogen (secondary N) is 1. The molecular weight excluding hydrogens is 353 g/mol. The lowest BCUT2D eigenvalue weighted by Crippen LogP contribution is -2.31. The molecule has 8 nitrogen and oxygen atoms in total. The monoisotopic (exact) mass is 369 g/mol. The average molecular weight is 369 g/mol. The first kappa shape index (κ1) is 15.0. The molecule has 0 saturated heterocycles. The van der Waals surface area contributed by atoms with Crippen molar-refractivity contribution in [3.05, 3.63) is 10.4 Å². The quantitative estimate of drug-likeness (QED) is 0.469. The van der Waals surface area contributed by atoms with Crippen LogP contribution in [0.1, 0.15) is 0 Å². The Labute approximate surface area is 121 Å². The lowest BCUT2D eigenvalue weighted by molar-refractivity contribution is 0.0930. The van der Waals surface area contributed by atoms with Crippen LogP contribution in [0.5, 0.6) is 0 Å². The molecule has 0 spiro atoms. The number of nitrogens with two attached hydrogens (primary N) is 1. The first-order valence-corrected chi connectivity index (χ1v) is 5.18. The lowest BCUT2D eigenvalue weighted by atomic mass is 10.4. The van der Waals surface area contributed by atoms with Crippen LogP contribution in [0.3, 0.4) is 0 Å². The molecule has 1 aromatic heterocycles. The molecule has 1 aliphatic rings. The number of hydrogen-bond acceptors (Lipinski definition) is 7. The van der Waals surface area contributed by atoms with Gasteiger partial charge >= 0.3 is 0 Å². The van der Waals surface area contributed by atoms with Crippen LogP contribution in [0.4, 0.5) is 17.5 Å². The Kier molecular flexibility index (Phi) is 5.16. The molecule has 2 rings (SSSR count). The molecule has 0 aliphatic carbocycles. The summed E-state index contributed by atoms with van der Waals surface area (Å²) in [5, 5.41) is 8.63. The van der Waals surface area contributed by atoms with E-state index in [0.29, 0.717) is 18.2 Å². The summed E-state index contributed by atoms with van der Waals surface area (Å²) in [5.41, 5.74) is 5.72. The highest BCUT2D eigenvalue weighted by molar-refractivity contribution is 14.0. The number of hydrogen-bond donors (Lipinski definition) is 3. The number of rotatable bonds is 4. The second-order valence-electron chi connectivity index (χ2n) is 3.76. The van der Waals surface area contributed by atoms with Crippen molar-refractivity contribution >= 4 is 41.4 Å². The molecule has 0 bridgehead atoms. The molecule has 0 fully saturated rings. The number of nitrogen functional groups attached to an aromatic ring is 1. The smallest absolute Gasteiger partial charge is 0.278 e. The molecule has 0 unspecified atom stereocenters. The van der Waals surface area contributed by atoms with Crippen LogP contribution in [0, 0.1) is 0 Å². The summed E-state index contributed by atoms with van der Waals surface area (Å²) in [4.78, 5) is 21.8. The van der Waals surface area contributed by atoms with Gasteiger partial charge in [0.2, 0.25) is 5.95 Å². The Balaban J connectivity index is 0.00000162. The molecule has 4 N–H and O–H groups in total. The second-order valence-corrected chi connectivity index (χ2v) is 3.76. The molecule has 1 aliphatic heterocycles. The Hall–Kier alpha value is -1.07. The molecule has 9 heteroatoms. The Morgan fingerprint density at radius 2 is 2.33 bits per heavy atom. The maximum absolute atomic E-state index is 11.7. The summed E-state index contributed by atoms with van der Waals surface area (Å²) in [5.74, 6) is 0.586. The van der Waals surface area contributed by atoms with Crippen LogP contribution in [-0.4, -0.2) is 48.7 Å². The highest BCUT2D eigenvalue weighted by Crippen LogP contribution is 2.29. The van der Waals surface area contributed by atoms with Crippen molar-refractivity contribution in [2.24, 2.45) is 0 Å². The lowest BCUT2D eigenvalue weighted by Gasteiger charge is -2.17. The van der Waals surface area contributed by atoms with Gasteiger partial charge in [0.1, 0.15) is 12.4 Å². The van der Waals surface area contributed by atoms with Crippen LogP contribution < -0.4 is 21.1 Å². The zero-order valence-electron chi connectivity index (χ0n) is 9.92. The number of H-pyrrole nitrogens is 1. The van der Waals surface area contributed by atoms with Crippen LogP contribution in [0.25, 0.3) is 0 Å². The number of anilines is 3. The van der Waals surface area contributed by atoms with E-state index in [4.69, 9.17) is 15.6 Å². The number of fused-ring (bicyclic) bond motifs is 1. The summed E-state index contributed by atoms with van der Waals surface area (Å²) in [6.07, 6.45) is 0. The second kappa shape index (κ2) is 6.20. The number of nitrogens with zero attached hydrogens (tertiary/aromatic N) is 3. The molecule has 2 heterocycles. The number of halogens is 1. The first-order valence-electron chi connectivity index (χ1n) is 5.18. The van der Waals surface area contributed by atoms with Crippen LogP contribution in [0.2, 0.25) is 0 Å². The average Bonchev–Trinajstić information content (AvgIpc) is 2.56. The van der Waals surface area contributed by atoms with Crippen LogP contribution >= 0.6 is 24.0 Å². The number of aromatic nitrogens is 2. The Morgan fingerprint density at radius 3 is 3.00 bits per heavy atom. The van der Waals surface area contributed by atoms with E-state index in [2.05, 4.69) is 9.97 Å². The summed E-state index contributed by atoms with van der Waals surface area (Å²) < 4.78 is 5.21. The van der Waals surface area contributed by atoms with Gasteiger partial charge in [0.15, 0.2) is 5.82 Å². The molecule has 0 aromatic carbocycles. The predicted molar refractivity (Wildman–Crippen MR) is 78.3 cm³/mol. The van der Waals surface area contributed by atoms with Crippen LogP contribution in [0.15, 0.2) is 4.79 Å². The number of aromatic amines is 1. The summed E-state index contributed by atoms with van der Waals surface area (Å²) in [6.45, 7) is 0.962. The molecule has 0 radical (unpaired) electrons. The molecule has 0 amide bonds. The van der Waals surface area contributed by atoms with E-state index in [-0.39, 0.29) is 55.4 Å². The first-order chi connectivity index (χ1) is 8.13.